The fraction of sp³-hybridized carbons (Fsp3) is 0.929. The van der Waals surface area contributed by atoms with E-state index in [1.807, 2.05) is 11.8 Å². The smallest absolute Gasteiger partial charge is 0.193 e. The Morgan fingerprint density at radius 2 is 1.95 bits per heavy atom. The Labute approximate surface area is 126 Å². The van der Waals surface area contributed by atoms with Crippen molar-refractivity contribution in [2.75, 3.05) is 57.3 Å². The van der Waals surface area contributed by atoms with Gasteiger partial charge in [-0.2, -0.15) is 11.8 Å². The third-order valence-electron chi connectivity index (χ3n) is 3.88. The normalized spacial score (nSPS) is 23.1. The summed E-state index contributed by atoms with van der Waals surface area (Å²) in [5, 5.41) is 13.0. The second kappa shape index (κ2) is 8.74. The number of hydrogen-bond acceptors (Lipinski definition) is 4. The molecule has 2 N–H and O–H groups in total. The van der Waals surface area contributed by atoms with Crippen molar-refractivity contribution in [3.8, 4) is 0 Å². The van der Waals surface area contributed by atoms with Crippen LogP contribution in [-0.4, -0.2) is 84.3 Å². The summed E-state index contributed by atoms with van der Waals surface area (Å²) in [6.07, 6.45) is 1.58. The zero-order valence-electron chi connectivity index (χ0n) is 12.6. The maximum atomic E-state index is 9.59. The van der Waals surface area contributed by atoms with Gasteiger partial charge in [0.1, 0.15) is 0 Å². The molecule has 2 saturated heterocycles. The second-order valence-electron chi connectivity index (χ2n) is 5.41. The lowest BCUT2D eigenvalue weighted by molar-refractivity contribution is 0.108. The minimum Gasteiger partial charge on any atom is -0.393 e. The topological polar surface area (TPSA) is 51.1 Å². The molecule has 0 spiro atoms. The standard InChI is InChI=1S/C14H28N4OS/c1-2-15-14(18-6-3-13(19)4-7-18)16-5-8-17-9-11-20-12-10-17/h13,19H,2-12H2,1H3,(H,15,16). The first kappa shape index (κ1) is 15.9. The summed E-state index contributed by atoms with van der Waals surface area (Å²) < 4.78 is 0. The average Bonchev–Trinajstić information content (AvgIpc) is 2.48. The Bertz CT molecular complexity index is 300. The number of rotatable bonds is 4. The number of likely N-dealkylation sites (tertiary alicyclic amines) is 1. The van der Waals surface area contributed by atoms with Crippen LogP contribution in [-0.2, 0) is 0 Å². The fourth-order valence-corrected chi connectivity index (χ4v) is 3.60. The lowest BCUT2D eigenvalue weighted by atomic mass is 10.1. The minimum atomic E-state index is -0.125. The molecule has 0 aliphatic carbocycles. The highest BCUT2D eigenvalue weighted by Gasteiger charge is 2.19. The number of piperidine rings is 1. The minimum absolute atomic E-state index is 0.125. The van der Waals surface area contributed by atoms with Crippen LogP contribution in [0.5, 0.6) is 0 Å². The predicted octanol–water partition coefficient (Wildman–Crippen LogP) is 0.457. The molecular formula is C14H28N4OS. The van der Waals surface area contributed by atoms with Crippen molar-refractivity contribution in [1.29, 1.82) is 0 Å². The number of aliphatic hydroxyl groups is 1. The van der Waals surface area contributed by atoms with Crippen molar-refractivity contribution < 1.29 is 5.11 Å². The highest BCUT2D eigenvalue weighted by atomic mass is 32.2. The van der Waals surface area contributed by atoms with Crippen molar-refractivity contribution >= 4 is 17.7 Å². The molecule has 0 bridgehead atoms. The summed E-state index contributed by atoms with van der Waals surface area (Å²) in [6.45, 7) is 9.16. The van der Waals surface area contributed by atoms with Gasteiger partial charge in [-0.1, -0.05) is 0 Å². The molecule has 0 radical (unpaired) electrons. The van der Waals surface area contributed by atoms with E-state index in [1.54, 1.807) is 0 Å². The van der Waals surface area contributed by atoms with Gasteiger partial charge >= 0.3 is 0 Å². The van der Waals surface area contributed by atoms with Crippen LogP contribution in [0, 0.1) is 0 Å². The molecule has 2 aliphatic heterocycles. The summed E-state index contributed by atoms with van der Waals surface area (Å²) in [4.78, 5) is 9.54. The van der Waals surface area contributed by atoms with Crippen LogP contribution >= 0.6 is 11.8 Å². The van der Waals surface area contributed by atoms with E-state index in [4.69, 9.17) is 4.99 Å². The van der Waals surface area contributed by atoms with Gasteiger partial charge in [-0.3, -0.25) is 9.89 Å². The number of nitrogens with zero attached hydrogens (tertiary/aromatic N) is 3. The first-order valence-corrected chi connectivity index (χ1v) is 8.96. The van der Waals surface area contributed by atoms with Crippen LogP contribution in [0.1, 0.15) is 19.8 Å². The van der Waals surface area contributed by atoms with E-state index in [2.05, 4.69) is 22.0 Å². The summed E-state index contributed by atoms with van der Waals surface area (Å²) in [5.74, 6) is 3.53. The summed E-state index contributed by atoms with van der Waals surface area (Å²) in [5.41, 5.74) is 0. The van der Waals surface area contributed by atoms with Crippen molar-refractivity contribution in [2.45, 2.75) is 25.9 Å². The van der Waals surface area contributed by atoms with Gasteiger partial charge in [0.25, 0.3) is 0 Å². The number of aliphatic imine (C=N–C) groups is 1. The molecule has 0 aromatic carbocycles. The van der Waals surface area contributed by atoms with E-state index in [-0.39, 0.29) is 6.10 Å². The van der Waals surface area contributed by atoms with Gasteiger partial charge in [0.05, 0.1) is 12.6 Å². The molecule has 0 saturated carbocycles. The first-order chi connectivity index (χ1) is 9.79. The van der Waals surface area contributed by atoms with Crippen molar-refractivity contribution in [3.05, 3.63) is 0 Å². The highest BCUT2D eigenvalue weighted by Crippen LogP contribution is 2.10. The molecule has 2 aliphatic rings. The monoisotopic (exact) mass is 300 g/mol. The SMILES string of the molecule is CCNC(=NCCN1CCSCC1)N1CCC(O)CC1. The van der Waals surface area contributed by atoms with Gasteiger partial charge < -0.3 is 15.3 Å². The summed E-state index contributed by atoms with van der Waals surface area (Å²) >= 11 is 2.05. The Hall–Kier alpha value is -0.460. The van der Waals surface area contributed by atoms with Crippen molar-refractivity contribution in [2.24, 2.45) is 4.99 Å². The Kier molecular flexibility index (Phi) is 6.96. The molecular weight excluding hydrogens is 272 g/mol. The van der Waals surface area contributed by atoms with E-state index in [1.165, 1.54) is 24.6 Å². The van der Waals surface area contributed by atoms with Crippen molar-refractivity contribution in [1.82, 2.24) is 15.1 Å². The number of thioether (sulfide) groups is 1. The molecule has 0 unspecified atom stereocenters. The highest BCUT2D eigenvalue weighted by molar-refractivity contribution is 7.99. The number of guanidine groups is 1. The number of nitrogens with one attached hydrogen (secondary N) is 1. The number of aliphatic hydroxyl groups excluding tert-OH is 1. The lowest BCUT2D eigenvalue weighted by Crippen LogP contribution is -2.47. The average molecular weight is 300 g/mol. The van der Waals surface area contributed by atoms with Gasteiger partial charge in [0.2, 0.25) is 0 Å². The molecule has 5 nitrogen and oxygen atoms in total. The fourth-order valence-electron chi connectivity index (χ4n) is 2.63. The lowest BCUT2D eigenvalue weighted by Gasteiger charge is -2.32. The molecule has 116 valence electrons. The van der Waals surface area contributed by atoms with Crippen LogP contribution in [0.25, 0.3) is 0 Å². The maximum Gasteiger partial charge on any atom is 0.193 e. The van der Waals surface area contributed by atoms with Gasteiger partial charge in [-0.15, -0.1) is 0 Å². The first-order valence-electron chi connectivity index (χ1n) is 7.81. The van der Waals surface area contributed by atoms with Crippen LogP contribution in [0.15, 0.2) is 4.99 Å². The number of hydrogen-bond donors (Lipinski definition) is 2. The quantitative estimate of drug-likeness (QED) is 0.583. The van der Waals surface area contributed by atoms with Crippen LogP contribution < -0.4 is 5.32 Å². The Balaban J connectivity index is 1.78. The second-order valence-corrected chi connectivity index (χ2v) is 6.63. The van der Waals surface area contributed by atoms with Crippen LogP contribution in [0.2, 0.25) is 0 Å². The molecule has 2 fully saturated rings. The zero-order chi connectivity index (χ0) is 14.2. The molecule has 2 heterocycles. The Morgan fingerprint density at radius 1 is 1.25 bits per heavy atom. The molecule has 0 atom stereocenters. The molecule has 0 aromatic rings. The van der Waals surface area contributed by atoms with Crippen molar-refractivity contribution in [3.63, 3.8) is 0 Å². The van der Waals surface area contributed by atoms with Crippen LogP contribution in [0.3, 0.4) is 0 Å². The third kappa shape index (κ3) is 5.14. The third-order valence-corrected chi connectivity index (χ3v) is 4.82. The molecule has 20 heavy (non-hydrogen) atoms. The largest absolute Gasteiger partial charge is 0.393 e. The molecule has 6 heteroatoms. The van der Waals surface area contributed by atoms with E-state index in [0.717, 1.165) is 51.5 Å². The molecule has 0 amide bonds. The van der Waals surface area contributed by atoms with E-state index in [9.17, 15) is 5.11 Å². The summed E-state index contributed by atoms with van der Waals surface area (Å²) in [7, 11) is 0. The molecule has 2 rings (SSSR count). The van der Waals surface area contributed by atoms with E-state index >= 15 is 0 Å². The van der Waals surface area contributed by atoms with E-state index in [0.29, 0.717) is 0 Å². The van der Waals surface area contributed by atoms with Gasteiger partial charge in [0, 0.05) is 50.8 Å². The van der Waals surface area contributed by atoms with E-state index < -0.39 is 0 Å². The van der Waals surface area contributed by atoms with Crippen LogP contribution in [0.4, 0.5) is 0 Å². The Morgan fingerprint density at radius 3 is 2.60 bits per heavy atom. The summed E-state index contributed by atoms with van der Waals surface area (Å²) in [6, 6.07) is 0. The van der Waals surface area contributed by atoms with Gasteiger partial charge in [0.15, 0.2) is 5.96 Å². The molecule has 0 aromatic heterocycles. The predicted molar refractivity (Wildman–Crippen MR) is 86.6 cm³/mol. The zero-order valence-corrected chi connectivity index (χ0v) is 13.4. The maximum absolute atomic E-state index is 9.59. The van der Waals surface area contributed by atoms with Gasteiger partial charge in [-0.25, -0.2) is 0 Å². The van der Waals surface area contributed by atoms with Gasteiger partial charge in [-0.05, 0) is 19.8 Å².